The average molecular weight is 402 g/mol. The molecule has 0 fully saturated rings. The number of hydrogen-bond donors (Lipinski definition) is 0. The van der Waals surface area contributed by atoms with Crippen molar-refractivity contribution in [1.29, 1.82) is 0 Å². The van der Waals surface area contributed by atoms with Crippen molar-refractivity contribution in [3.05, 3.63) is 51.8 Å². The monoisotopic (exact) mass is 401 g/mol. The number of rotatable bonds is 6. The van der Waals surface area contributed by atoms with Crippen LogP contribution in [0.15, 0.2) is 24.3 Å². The van der Waals surface area contributed by atoms with Crippen LogP contribution in [0, 0.1) is 17.6 Å². The van der Waals surface area contributed by atoms with E-state index in [0.29, 0.717) is 5.56 Å². The Morgan fingerprint density at radius 2 is 1.88 bits per heavy atom. The Labute approximate surface area is 159 Å². The predicted molar refractivity (Wildman–Crippen MR) is 94.1 cm³/mol. The first-order chi connectivity index (χ1) is 12.2. The highest BCUT2D eigenvalue weighted by atomic mass is 35.5. The van der Waals surface area contributed by atoms with Crippen molar-refractivity contribution in [3.63, 3.8) is 0 Å². The van der Waals surface area contributed by atoms with Crippen LogP contribution in [0.5, 0.6) is 0 Å². The smallest absolute Gasteiger partial charge is 0.374 e. The molecule has 4 nitrogen and oxygen atoms in total. The molecule has 0 saturated heterocycles. The number of halogens is 4. The van der Waals surface area contributed by atoms with Gasteiger partial charge in [0.1, 0.15) is 21.9 Å². The summed E-state index contributed by atoms with van der Waals surface area (Å²) in [6.07, 6.45) is 0.00675. The van der Waals surface area contributed by atoms with Crippen molar-refractivity contribution in [3.8, 4) is 11.1 Å². The fraction of sp³-hybridized carbons (Fsp3) is 0.278. The van der Waals surface area contributed by atoms with Crippen LogP contribution in [-0.4, -0.2) is 23.3 Å². The minimum absolute atomic E-state index is 0.00675. The van der Waals surface area contributed by atoms with E-state index in [2.05, 4.69) is 4.98 Å². The van der Waals surface area contributed by atoms with E-state index < -0.39 is 29.3 Å². The molecule has 2 rings (SSSR count). The average Bonchev–Trinajstić information content (AvgIpc) is 2.56. The van der Waals surface area contributed by atoms with E-state index in [4.69, 9.17) is 27.9 Å². The third-order valence-corrected chi connectivity index (χ3v) is 4.20. The molecule has 0 radical (unpaired) electrons. The SMILES string of the molecule is CCOC(=O)C(=O)C(C)Cc1c(-c2ccc(F)cc2F)cc(Cl)nc1Cl. The van der Waals surface area contributed by atoms with Crippen molar-refractivity contribution in [2.75, 3.05) is 6.61 Å². The summed E-state index contributed by atoms with van der Waals surface area (Å²) in [7, 11) is 0. The molecule has 0 bridgehead atoms. The van der Waals surface area contributed by atoms with Gasteiger partial charge in [0.15, 0.2) is 0 Å². The van der Waals surface area contributed by atoms with Gasteiger partial charge in [0.05, 0.1) is 6.61 Å². The van der Waals surface area contributed by atoms with Gasteiger partial charge in [-0.3, -0.25) is 4.79 Å². The lowest BCUT2D eigenvalue weighted by atomic mass is 9.92. The zero-order valence-electron chi connectivity index (χ0n) is 14.0. The largest absolute Gasteiger partial charge is 0.460 e. The highest BCUT2D eigenvalue weighted by Crippen LogP contribution is 2.34. The van der Waals surface area contributed by atoms with Gasteiger partial charge < -0.3 is 4.74 Å². The highest BCUT2D eigenvalue weighted by Gasteiger charge is 2.26. The molecule has 138 valence electrons. The molecule has 0 saturated carbocycles. The number of Topliss-reactive ketones (excluding diaryl/α,β-unsaturated/α-hetero) is 1. The fourth-order valence-corrected chi connectivity index (χ4v) is 2.96. The molecule has 2 aromatic rings. The van der Waals surface area contributed by atoms with Crippen molar-refractivity contribution in [1.82, 2.24) is 4.98 Å². The number of ketones is 1. The van der Waals surface area contributed by atoms with E-state index in [-0.39, 0.29) is 34.5 Å². The van der Waals surface area contributed by atoms with Crippen LogP contribution in [0.1, 0.15) is 19.4 Å². The minimum Gasteiger partial charge on any atom is -0.460 e. The molecular weight excluding hydrogens is 387 g/mol. The van der Waals surface area contributed by atoms with E-state index in [1.54, 1.807) is 6.92 Å². The van der Waals surface area contributed by atoms with Gasteiger partial charge in [-0.2, -0.15) is 0 Å². The van der Waals surface area contributed by atoms with Crippen LogP contribution in [0.2, 0.25) is 10.3 Å². The lowest BCUT2D eigenvalue weighted by Gasteiger charge is -2.16. The number of hydrogen-bond acceptors (Lipinski definition) is 4. The van der Waals surface area contributed by atoms with Crippen molar-refractivity contribution < 1.29 is 23.1 Å². The van der Waals surface area contributed by atoms with Crippen LogP contribution < -0.4 is 0 Å². The van der Waals surface area contributed by atoms with Gasteiger partial charge in [-0.1, -0.05) is 30.1 Å². The van der Waals surface area contributed by atoms with E-state index in [9.17, 15) is 18.4 Å². The molecule has 0 aliphatic carbocycles. The maximum Gasteiger partial charge on any atom is 0.374 e. The second kappa shape index (κ2) is 8.56. The molecule has 26 heavy (non-hydrogen) atoms. The van der Waals surface area contributed by atoms with Crippen LogP contribution in [-0.2, 0) is 20.7 Å². The first kappa shape index (κ1) is 20.3. The molecule has 1 atom stereocenters. The van der Waals surface area contributed by atoms with Gasteiger partial charge in [0.2, 0.25) is 5.78 Å². The highest BCUT2D eigenvalue weighted by molar-refractivity contribution is 6.35. The molecule has 1 unspecified atom stereocenters. The van der Waals surface area contributed by atoms with Crippen molar-refractivity contribution >= 4 is 35.0 Å². The Hall–Kier alpha value is -2.05. The minimum atomic E-state index is -0.951. The van der Waals surface area contributed by atoms with E-state index in [1.165, 1.54) is 19.1 Å². The molecule has 1 aromatic heterocycles. The normalized spacial score (nSPS) is 11.9. The maximum absolute atomic E-state index is 14.2. The number of benzene rings is 1. The molecule has 0 aliphatic rings. The number of esters is 1. The first-order valence-corrected chi connectivity index (χ1v) is 8.51. The second-order valence-electron chi connectivity index (χ2n) is 5.58. The number of carbonyl (C=O) groups is 2. The summed E-state index contributed by atoms with van der Waals surface area (Å²) in [5.41, 5.74) is 0.658. The van der Waals surface area contributed by atoms with Gasteiger partial charge in [0, 0.05) is 17.5 Å². The van der Waals surface area contributed by atoms with Crippen molar-refractivity contribution in [2.45, 2.75) is 20.3 Å². The summed E-state index contributed by atoms with van der Waals surface area (Å²) in [6.45, 7) is 3.19. The van der Waals surface area contributed by atoms with Gasteiger partial charge in [-0.15, -0.1) is 0 Å². The molecule has 8 heteroatoms. The summed E-state index contributed by atoms with van der Waals surface area (Å²) < 4.78 is 32.1. The topological polar surface area (TPSA) is 56.3 Å². The Balaban J connectivity index is 2.45. The van der Waals surface area contributed by atoms with E-state index in [1.807, 2.05) is 0 Å². The Morgan fingerprint density at radius 3 is 2.50 bits per heavy atom. The van der Waals surface area contributed by atoms with Crippen LogP contribution in [0.3, 0.4) is 0 Å². The quantitative estimate of drug-likeness (QED) is 0.401. The molecule has 1 aromatic carbocycles. The number of nitrogens with zero attached hydrogens (tertiary/aromatic N) is 1. The van der Waals surface area contributed by atoms with E-state index >= 15 is 0 Å². The Kier molecular flexibility index (Phi) is 6.67. The van der Waals surface area contributed by atoms with Crippen LogP contribution in [0.25, 0.3) is 11.1 Å². The molecular formula is C18H15Cl2F2NO3. The number of ether oxygens (including phenoxy) is 1. The second-order valence-corrected chi connectivity index (χ2v) is 6.32. The number of carbonyl (C=O) groups excluding carboxylic acids is 2. The predicted octanol–water partition coefficient (Wildman–Crippen LogP) is 4.64. The molecule has 0 spiro atoms. The van der Waals surface area contributed by atoms with Gasteiger partial charge in [0.25, 0.3) is 0 Å². The van der Waals surface area contributed by atoms with Crippen molar-refractivity contribution in [2.24, 2.45) is 5.92 Å². The third kappa shape index (κ3) is 4.56. The Morgan fingerprint density at radius 1 is 1.19 bits per heavy atom. The zero-order valence-corrected chi connectivity index (χ0v) is 15.5. The molecule has 0 N–H and O–H groups in total. The molecule has 0 aliphatic heterocycles. The van der Waals surface area contributed by atoms with Gasteiger partial charge in [-0.25, -0.2) is 18.6 Å². The fourth-order valence-electron chi connectivity index (χ4n) is 2.46. The Bertz CT molecular complexity index is 859. The number of pyridine rings is 1. The number of aromatic nitrogens is 1. The zero-order chi connectivity index (χ0) is 19.4. The van der Waals surface area contributed by atoms with E-state index in [0.717, 1.165) is 12.1 Å². The summed E-state index contributed by atoms with van der Waals surface area (Å²) in [5, 5.41) is -0.0124. The van der Waals surface area contributed by atoms with Crippen LogP contribution in [0.4, 0.5) is 8.78 Å². The summed E-state index contributed by atoms with van der Waals surface area (Å²) in [6, 6.07) is 4.45. The molecule has 1 heterocycles. The summed E-state index contributed by atoms with van der Waals surface area (Å²) >= 11 is 12.1. The third-order valence-electron chi connectivity index (χ3n) is 3.70. The maximum atomic E-state index is 14.2. The van der Waals surface area contributed by atoms with Crippen LogP contribution >= 0.6 is 23.2 Å². The standard InChI is InChI=1S/C18H15Cl2F2NO3/c1-3-26-18(25)16(24)9(2)6-13-12(8-15(19)23-17(13)20)11-5-4-10(21)7-14(11)22/h4-5,7-9H,3,6H2,1-2H3. The lowest BCUT2D eigenvalue weighted by molar-refractivity contribution is -0.155. The lowest BCUT2D eigenvalue weighted by Crippen LogP contribution is -2.25. The van der Waals surface area contributed by atoms with Gasteiger partial charge in [-0.05, 0) is 42.7 Å². The van der Waals surface area contributed by atoms with Gasteiger partial charge >= 0.3 is 5.97 Å². The first-order valence-electron chi connectivity index (χ1n) is 7.75. The summed E-state index contributed by atoms with van der Waals surface area (Å²) in [5.74, 6) is -4.01. The summed E-state index contributed by atoms with van der Waals surface area (Å²) in [4.78, 5) is 27.6. The molecule has 0 amide bonds.